The minimum absolute atomic E-state index is 0.0961. The maximum absolute atomic E-state index is 12.9. The molecule has 3 nitrogen and oxygen atoms in total. The second kappa shape index (κ2) is 6.89. The van der Waals surface area contributed by atoms with E-state index in [0.717, 1.165) is 29.9 Å². The Bertz CT molecular complexity index is 540. The zero-order valence-corrected chi connectivity index (χ0v) is 11.9. The van der Waals surface area contributed by atoms with Crippen molar-refractivity contribution in [1.82, 2.24) is 4.98 Å². The molecule has 0 bridgehead atoms. The average molecular weight is 273 g/mol. The Labute approximate surface area is 119 Å². The maximum Gasteiger partial charge on any atom is 0.123 e. The highest BCUT2D eigenvalue weighted by atomic mass is 19.1. The highest BCUT2D eigenvalue weighted by Crippen LogP contribution is 2.21. The summed E-state index contributed by atoms with van der Waals surface area (Å²) >= 11 is 0. The molecule has 2 rings (SSSR count). The van der Waals surface area contributed by atoms with Crippen LogP contribution in [-0.2, 0) is 0 Å². The lowest BCUT2D eigenvalue weighted by atomic mass is 10.1. The van der Waals surface area contributed by atoms with E-state index in [1.54, 1.807) is 18.3 Å². The number of anilines is 2. The smallest absolute Gasteiger partial charge is 0.123 e. The van der Waals surface area contributed by atoms with Gasteiger partial charge >= 0.3 is 0 Å². The van der Waals surface area contributed by atoms with Crippen LogP contribution in [0.3, 0.4) is 0 Å². The van der Waals surface area contributed by atoms with Gasteiger partial charge in [-0.1, -0.05) is 19.1 Å². The molecule has 0 aliphatic rings. The number of halogens is 1. The molecule has 20 heavy (non-hydrogen) atoms. The van der Waals surface area contributed by atoms with Crippen LogP contribution >= 0.6 is 0 Å². The van der Waals surface area contributed by atoms with Crippen LogP contribution in [0.1, 0.15) is 31.9 Å². The Morgan fingerprint density at radius 2 is 1.85 bits per heavy atom. The van der Waals surface area contributed by atoms with E-state index in [1.165, 1.54) is 12.1 Å². The predicted molar refractivity (Wildman–Crippen MR) is 81.5 cm³/mol. The van der Waals surface area contributed by atoms with Gasteiger partial charge in [0.1, 0.15) is 5.82 Å². The van der Waals surface area contributed by atoms with E-state index in [2.05, 4.69) is 22.5 Å². The lowest BCUT2D eigenvalue weighted by Gasteiger charge is -2.16. The van der Waals surface area contributed by atoms with Crippen LogP contribution in [0, 0.1) is 5.82 Å². The average Bonchev–Trinajstić information content (AvgIpc) is 2.46. The second-order valence-electron chi connectivity index (χ2n) is 4.81. The van der Waals surface area contributed by atoms with E-state index < -0.39 is 0 Å². The molecule has 1 aromatic heterocycles. The van der Waals surface area contributed by atoms with Crippen LogP contribution in [0.25, 0.3) is 0 Å². The van der Waals surface area contributed by atoms with Crippen LogP contribution in [0.5, 0.6) is 0 Å². The molecule has 0 saturated heterocycles. The molecule has 1 atom stereocenters. The van der Waals surface area contributed by atoms with Crippen molar-refractivity contribution in [2.24, 2.45) is 0 Å². The summed E-state index contributed by atoms with van der Waals surface area (Å²) in [5.41, 5.74) is 2.99. The molecular formula is C16H20FN3. The number of aromatic nitrogens is 1. The van der Waals surface area contributed by atoms with Crippen LogP contribution in [-0.4, -0.2) is 11.5 Å². The first-order chi connectivity index (χ1) is 9.69. The molecule has 0 amide bonds. The Hall–Kier alpha value is -2.10. The number of rotatable bonds is 6. The third-order valence-electron chi connectivity index (χ3n) is 3.07. The van der Waals surface area contributed by atoms with Gasteiger partial charge in [-0.15, -0.1) is 0 Å². The standard InChI is InChI=1S/C16H20FN3/c1-3-8-19-15-9-16(11-18-10-15)20-12(2)13-4-6-14(17)7-5-13/h4-7,9-12,19-20H,3,8H2,1-2H3. The van der Waals surface area contributed by atoms with Gasteiger partial charge in [0.25, 0.3) is 0 Å². The van der Waals surface area contributed by atoms with Crippen LogP contribution in [0.15, 0.2) is 42.7 Å². The van der Waals surface area contributed by atoms with Gasteiger partial charge in [0.15, 0.2) is 0 Å². The van der Waals surface area contributed by atoms with E-state index in [-0.39, 0.29) is 11.9 Å². The minimum atomic E-state index is -0.214. The molecule has 4 heteroatoms. The van der Waals surface area contributed by atoms with Crippen LogP contribution in [0.2, 0.25) is 0 Å². The van der Waals surface area contributed by atoms with Gasteiger partial charge in [-0.3, -0.25) is 4.98 Å². The SMILES string of the molecule is CCCNc1cncc(NC(C)c2ccc(F)cc2)c1. The number of benzene rings is 1. The molecule has 2 aromatic rings. The summed E-state index contributed by atoms with van der Waals surface area (Å²) in [6.45, 7) is 5.09. The highest BCUT2D eigenvalue weighted by molar-refractivity contribution is 5.54. The van der Waals surface area contributed by atoms with Crippen molar-refractivity contribution >= 4 is 11.4 Å². The third kappa shape index (κ3) is 3.95. The lowest BCUT2D eigenvalue weighted by molar-refractivity contribution is 0.626. The van der Waals surface area contributed by atoms with Crippen molar-refractivity contribution < 1.29 is 4.39 Å². The first-order valence-corrected chi connectivity index (χ1v) is 6.90. The van der Waals surface area contributed by atoms with E-state index in [9.17, 15) is 4.39 Å². The summed E-state index contributed by atoms with van der Waals surface area (Å²) in [4.78, 5) is 4.21. The molecule has 0 fully saturated rings. The number of hydrogen-bond donors (Lipinski definition) is 2. The van der Waals surface area contributed by atoms with Gasteiger partial charge in [0.2, 0.25) is 0 Å². The topological polar surface area (TPSA) is 37.0 Å². The molecule has 2 N–H and O–H groups in total. The van der Waals surface area contributed by atoms with Gasteiger partial charge in [0.05, 0.1) is 23.8 Å². The Morgan fingerprint density at radius 3 is 2.55 bits per heavy atom. The van der Waals surface area contributed by atoms with Crippen LogP contribution in [0.4, 0.5) is 15.8 Å². The minimum Gasteiger partial charge on any atom is -0.384 e. The third-order valence-corrected chi connectivity index (χ3v) is 3.07. The Balaban J connectivity index is 2.03. The normalized spacial score (nSPS) is 11.9. The van der Waals surface area contributed by atoms with Crippen molar-refractivity contribution in [3.63, 3.8) is 0 Å². The molecule has 0 spiro atoms. The Morgan fingerprint density at radius 1 is 1.15 bits per heavy atom. The van der Waals surface area contributed by atoms with Gasteiger partial charge in [-0.2, -0.15) is 0 Å². The van der Waals surface area contributed by atoms with Crippen molar-refractivity contribution in [3.8, 4) is 0 Å². The molecule has 0 radical (unpaired) electrons. The van der Waals surface area contributed by atoms with Gasteiger partial charge in [-0.05, 0) is 37.1 Å². The first-order valence-electron chi connectivity index (χ1n) is 6.90. The Kier molecular flexibility index (Phi) is 4.93. The highest BCUT2D eigenvalue weighted by Gasteiger charge is 2.06. The van der Waals surface area contributed by atoms with Gasteiger partial charge in [0, 0.05) is 12.6 Å². The molecule has 106 valence electrons. The first kappa shape index (κ1) is 14.3. The van der Waals surface area contributed by atoms with Gasteiger partial charge in [-0.25, -0.2) is 4.39 Å². The number of nitrogens with one attached hydrogen (secondary N) is 2. The molecule has 1 heterocycles. The molecule has 0 saturated carbocycles. The van der Waals surface area contributed by atoms with E-state index in [1.807, 2.05) is 19.2 Å². The lowest BCUT2D eigenvalue weighted by Crippen LogP contribution is -2.07. The molecule has 0 aliphatic carbocycles. The fourth-order valence-corrected chi connectivity index (χ4v) is 1.97. The number of hydrogen-bond acceptors (Lipinski definition) is 3. The summed E-state index contributed by atoms with van der Waals surface area (Å²) in [7, 11) is 0. The van der Waals surface area contributed by atoms with E-state index in [0.29, 0.717) is 0 Å². The predicted octanol–water partition coefficient (Wildman–Crippen LogP) is 4.22. The van der Waals surface area contributed by atoms with Crippen molar-refractivity contribution in [2.45, 2.75) is 26.3 Å². The van der Waals surface area contributed by atoms with E-state index in [4.69, 9.17) is 0 Å². The summed E-state index contributed by atoms with van der Waals surface area (Å²) in [5.74, 6) is -0.214. The fourth-order valence-electron chi connectivity index (χ4n) is 1.97. The summed E-state index contributed by atoms with van der Waals surface area (Å²) in [5, 5.41) is 6.67. The fraction of sp³-hybridized carbons (Fsp3) is 0.312. The largest absolute Gasteiger partial charge is 0.384 e. The number of nitrogens with zero attached hydrogens (tertiary/aromatic N) is 1. The maximum atomic E-state index is 12.9. The summed E-state index contributed by atoms with van der Waals surface area (Å²) in [6.07, 6.45) is 4.67. The van der Waals surface area contributed by atoms with Crippen LogP contribution < -0.4 is 10.6 Å². The zero-order chi connectivity index (χ0) is 14.4. The van der Waals surface area contributed by atoms with Crippen molar-refractivity contribution in [2.75, 3.05) is 17.2 Å². The molecular weight excluding hydrogens is 253 g/mol. The summed E-state index contributed by atoms with van der Waals surface area (Å²) < 4.78 is 12.9. The summed E-state index contributed by atoms with van der Waals surface area (Å²) in [6, 6.07) is 8.66. The van der Waals surface area contributed by atoms with Crippen molar-refractivity contribution in [1.29, 1.82) is 0 Å². The quantitative estimate of drug-likeness (QED) is 0.827. The molecule has 1 aromatic carbocycles. The monoisotopic (exact) mass is 273 g/mol. The number of pyridine rings is 1. The molecule has 0 aliphatic heterocycles. The van der Waals surface area contributed by atoms with Gasteiger partial charge < -0.3 is 10.6 Å². The zero-order valence-electron chi connectivity index (χ0n) is 11.9. The van der Waals surface area contributed by atoms with E-state index >= 15 is 0 Å². The molecule has 1 unspecified atom stereocenters. The van der Waals surface area contributed by atoms with Crippen molar-refractivity contribution in [3.05, 3.63) is 54.1 Å². The second-order valence-corrected chi connectivity index (χ2v) is 4.81.